The Hall–Kier alpha value is -2.57. The summed E-state index contributed by atoms with van der Waals surface area (Å²) in [5.74, 6) is 2.15. The van der Waals surface area contributed by atoms with Crippen LogP contribution in [0.25, 0.3) is 0 Å². The van der Waals surface area contributed by atoms with Gasteiger partial charge in [-0.05, 0) is 49.6 Å². The molecule has 0 radical (unpaired) electrons. The van der Waals surface area contributed by atoms with Crippen LogP contribution < -0.4 is 9.47 Å². The molecule has 2 saturated heterocycles. The number of amides is 1. The first-order valence-electron chi connectivity index (χ1n) is 11.8. The summed E-state index contributed by atoms with van der Waals surface area (Å²) in [6.45, 7) is 9.70. The molecule has 170 valence electrons. The van der Waals surface area contributed by atoms with E-state index in [-0.39, 0.29) is 5.92 Å². The Balaban J connectivity index is 1.11. The van der Waals surface area contributed by atoms with Crippen molar-refractivity contribution in [1.82, 2.24) is 14.7 Å². The first-order valence-corrected chi connectivity index (χ1v) is 11.8. The van der Waals surface area contributed by atoms with E-state index in [1.54, 1.807) is 0 Å². The first kappa shape index (κ1) is 21.3. The zero-order chi connectivity index (χ0) is 21.9. The van der Waals surface area contributed by atoms with Gasteiger partial charge in [-0.3, -0.25) is 14.6 Å². The van der Waals surface area contributed by atoms with Crippen molar-refractivity contribution in [2.24, 2.45) is 5.92 Å². The Morgan fingerprint density at radius 1 is 0.906 bits per heavy atom. The highest BCUT2D eigenvalue weighted by atomic mass is 16.7. The topological polar surface area (TPSA) is 45.3 Å². The van der Waals surface area contributed by atoms with Crippen molar-refractivity contribution >= 4 is 5.91 Å². The van der Waals surface area contributed by atoms with E-state index in [9.17, 15) is 4.79 Å². The van der Waals surface area contributed by atoms with Crippen LogP contribution in [0.15, 0.2) is 42.5 Å². The molecule has 32 heavy (non-hydrogen) atoms. The van der Waals surface area contributed by atoms with Crippen molar-refractivity contribution in [3.63, 3.8) is 0 Å². The fraction of sp³-hybridized carbons (Fsp3) is 0.500. The number of carbonyl (C=O) groups excluding carboxylic acids is 1. The summed E-state index contributed by atoms with van der Waals surface area (Å²) in [7, 11) is 0. The van der Waals surface area contributed by atoms with Gasteiger partial charge in [-0.1, -0.05) is 35.9 Å². The molecule has 1 atom stereocenters. The SMILES string of the molecule is Cc1cccc(CN2CCCC(C(=O)N3CCN(Cc4ccc5c(c4)OCO5)CC3)C2)c1. The van der Waals surface area contributed by atoms with E-state index in [0.29, 0.717) is 12.7 Å². The van der Waals surface area contributed by atoms with Crippen molar-refractivity contribution in [3.8, 4) is 11.5 Å². The Bertz CT molecular complexity index is 955. The zero-order valence-electron chi connectivity index (χ0n) is 19.0. The number of hydrogen-bond donors (Lipinski definition) is 0. The molecule has 0 bridgehead atoms. The Kier molecular flexibility index (Phi) is 6.32. The standard InChI is InChI=1S/C26H33N3O3/c1-20-4-2-5-21(14-20)17-28-9-3-6-23(18-28)26(30)29-12-10-27(11-13-29)16-22-7-8-24-25(15-22)32-19-31-24/h2,4-5,7-8,14-15,23H,3,6,9-13,16-19H2,1H3. The van der Waals surface area contributed by atoms with Gasteiger partial charge in [-0.15, -0.1) is 0 Å². The van der Waals surface area contributed by atoms with Crippen LogP contribution >= 0.6 is 0 Å². The molecule has 0 spiro atoms. The van der Waals surface area contributed by atoms with Crippen LogP contribution in [0.4, 0.5) is 0 Å². The molecule has 2 aromatic carbocycles. The molecule has 2 fully saturated rings. The predicted molar refractivity (Wildman–Crippen MR) is 124 cm³/mol. The molecule has 2 aromatic rings. The number of piperidine rings is 1. The third kappa shape index (κ3) is 4.92. The lowest BCUT2D eigenvalue weighted by molar-refractivity contribution is -0.139. The van der Waals surface area contributed by atoms with E-state index >= 15 is 0 Å². The van der Waals surface area contributed by atoms with Crippen molar-refractivity contribution in [2.75, 3.05) is 46.1 Å². The van der Waals surface area contributed by atoms with Crippen LogP contribution in [-0.2, 0) is 17.9 Å². The second-order valence-corrected chi connectivity index (χ2v) is 9.35. The lowest BCUT2D eigenvalue weighted by Gasteiger charge is -2.39. The molecule has 6 nitrogen and oxygen atoms in total. The Labute approximate surface area is 190 Å². The molecule has 1 amide bonds. The van der Waals surface area contributed by atoms with E-state index in [1.165, 1.54) is 16.7 Å². The van der Waals surface area contributed by atoms with Crippen molar-refractivity contribution in [3.05, 3.63) is 59.2 Å². The van der Waals surface area contributed by atoms with Crippen LogP contribution in [-0.4, -0.2) is 66.7 Å². The minimum absolute atomic E-state index is 0.133. The Morgan fingerprint density at radius 2 is 1.69 bits per heavy atom. The summed E-state index contributed by atoms with van der Waals surface area (Å²) in [6.07, 6.45) is 2.12. The van der Waals surface area contributed by atoms with E-state index in [2.05, 4.69) is 58.0 Å². The predicted octanol–water partition coefficient (Wildman–Crippen LogP) is 3.28. The molecular formula is C26H33N3O3. The van der Waals surface area contributed by atoms with Crippen molar-refractivity contribution < 1.29 is 14.3 Å². The number of nitrogens with zero attached hydrogens (tertiary/aromatic N) is 3. The smallest absolute Gasteiger partial charge is 0.231 e. The molecule has 3 aliphatic rings. The summed E-state index contributed by atoms with van der Waals surface area (Å²) in [6, 6.07) is 14.9. The van der Waals surface area contributed by atoms with Gasteiger partial charge in [-0.2, -0.15) is 0 Å². The largest absolute Gasteiger partial charge is 0.454 e. The van der Waals surface area contributed by atoms with E-state index in [0.717, 1.165) is 76.7 Å². The summed E-state index contributed by atoms with van der Waals surface area (Å²) in [5.41, 5.74) is 3.87. The van der Waals surface area contributed by atoms with Gasteiger partial charge in [0.1, 0.15) is 0 Å². The van der Waals surface area contributed by atoms with Gasteiger partial charge in [-0.25, -0.2) is 0 Å². The maximum absolute atomic E-state index is 13.2. The number of carbonyl (C=O) groups is 1. The Morgan fingerprint density at radius 3 is 2.53 bits per heavy atom. The molecule has 3 aliphatic heterocycles. The van der Waals surface area contributed by atoms with Gasteiger partial charge in [0, 0.05) is 45.8 Å². The number of fused-ring (bicyclic) bond motifs is 1. The lowest BCUT2D eigenvalue weighted by Crippen LogP contribution is -2.52. The number of rotatable bonds is 5. The first-order chi connectivity index (χ1) is 15.6. The van der Waals surface area contributed by atoms with Gasteiger partial charge < -0.3 is 14.4 Å². The molecule has 5 rings (SSSR count). The van der Waals surface area contributed by atoms with Crippen molar-refractivity contribution in [1.29, 1.82) is 0 Å². The average Bonchev–Trinajstić information content (AvgIpc) is 3.27. The molecule has 1 unspecified atom stereocenters. The van der Waals surface area contributed by atoms with Gasteiger partial charge in [0.25, 0.3) is 0 Å². The second-order valence-electron chi connectivity index (χ2n) is 9.35. The minimum Gasteiger partial charge on any atom is -0.454 e. The molecular weight excluding hydrogens is 402 g/mol. The van der Waals surface area contributed by atoms with Crippen LogP contribution in [0.2, 0.25) is 0 Å². The molecule has 3 heterocycles. The van der Waals surface area contributed by atoms with Crippen LogP contribution in [0.5, 0.6) is 11.5 Å². The summed E-state index contributed by atoms with van der Waals surface area (Å²) in [5, 5.41) is 0. The van der Waals surface area contributed by atoms with Gasteiger partial charge in [0.2, 0.25) is 12.7 Å². The van der Waals surface area contributed by atoms with Gasteiger partial charge in [0.05, 0.1) is 5.92 Å². The highest BCUT2D eigenvalue weighted by Crippen LogP contribution is 2.33. The lowest BCUT2D eigenvalue weighted by atomic mass is 9.95. The van der Waals surface area contributed by atoms with Crippen LogP contribution in [0, 0.1) is 12.8 Å². The van der Waals surface area contributed by atoms with Gasteiger partial charge >= 0.3 is 0 Å². The third-order valence-corrected chi connectivity index (χ3v) is 6.87. The van der Waals surface area contributed by atoms with Crippen LogP contribution in [0.3, 0.4) is 0 Å². The normalized spacial score (nSPS) is 21.7. The number of ether oxygens (including phenoxy) is 2. The zero-order valence-corrected chi connectivity index (χ0v) is 19.0. The van der Waals surface area contributed by atoms with E-state index in [4.69, 9.17) is 9.47 Å². The van der Waals surface area contributed by atoms with E-state index < -0.39 is 0 Å². The third-order valence-electron chi connectivity index (χ3n) is 6.87. The monoisotopic (exact) mass is 435 g/mol. The molecule has 0 aliphatic carbocycles. The highest BCUT2D eigenvalue weighted by molar-refractivity contribution is 5.79. The highest BCUT2D eigenvalue weighted by Gasteiger charge is 2.31. The number of hydrogen-bond acceptors (Lipinski definition) is 5. The van der Waals surface area contributed by atoms with Crippen molar-refractivity contribution in [2.45, 2.75) is 32.9 Å². The summed E-state index contributed by atoms with van der Waals surface area (Å²) >= 11 is 0. The summed E-state index contributed by atoms with van der Waals surface area (Å²) < 4.78 is 10.9. The molecule has 0 aromatic heterocycles. The quantitative estimate of drug-likeness (QED) is 0.721. The van der Waals surface area contributed by atoms with Crippen LogP contribution in [0.1, 0.15) is 29.5 Å². The number of likely N-dealkylation sites (tertiary alicyclic amines) is 1. The fourth-order valence-corrected chi connectivity index (χ4v) is 5.15. The van der Waals surface area contributed by atoms with E-state index in [1.807, 2.05) is 6.07 Å². The van der Waals surface area contributed by atoms with Gasteiger partial charge in [0.15, 0.2) is 11.5 Å². The number of aryl methyl sites for hydroxylation is 1. The average molecular weight is 436 g/mol. The summed E-state index contributed by atoms with van der Waals surface area (Å²) in [4.78, 5) is 20.2. The minimum atomic E-state index is 0.133. The maximum Gasteiger partial charge on any atom is 0.231 e. The fourth-order valence-electron chi connectivity index (χ4n) is 5.15. The molecule has 0 saturated carbocycles. The number of piperazine rings is 1. The maximum atomic E-state index is 13.2. The number of benzene rings is 2. The molecule has 0 N–H and O–H groups in total. The molecule has 6 heteroatoms. The second kappa shape index (κ2) is 9.51.